The van der Waals surface area contributed by atoms with Gasteiger partial charge in [0.15, 0.2) is 0 Å². The molecule has 5 aliphatic carbocycles. The third-order valence-corrected chi connectivity index (χ3v) is 34.2. The van der Waals surface area contributed by atoms with E-state index in [2.05, 4.69) is 84.0 Å². The summed E-state index contributed by atoms with van der Waals surface area (Å²) in [5, 5.41) is 139. The smallest absolute Gasteiger partial charge is 0.451 e. The molecular formula is C106H162B5F5N10O20. The van der Waals surface area contributed by atoms with E-state index < -0.39 is 117 Å². The molecule has 15 rings (SSSR count). The molecule has 0 bridgehead atoms. The molecular weight excluding hydrogens is 1880 g/mol. The van der Waals surface area contributed by atoms with Crippen molar-refractivity contribution in [2.75, 3.05) is 65.4 Å². The molecule has 0 spiro atoms. The molecule has 0 aromatic heterocycles. The number of carbonyl (C=O) groups is 5. The molecule has 5 fully saturated rings. The largest absolute Gasteiger partial charge is 0.480 e. The van der Waals surface area contributed by atoms with Crippen molar-refractivity contribution in [1.29, 1.82) is 0 Å². The molecule has 12 unspecified atom stereocenters. The molecule has 0 radical (unpaired) electrons. The van der Waals surface area contributed by atoms with Crippen LogP contribution in [0.3, 0.4) is 0 Å². The molecule has 5 saturated heterocycles. The van der Waals surface area contributed by atoms with Crippen LogP contribution in [0.2, 0.25) is 31.6 Å². The van der Waals surface area contributed by atoms with Gasteiger partial charge >= 0.3 is 65.4 Å². The molecule has 0 saturated carbocycles. The van der Waals surface area contributed by atoms with E-state index in [1.165, 1.54) is 33.9 Å². The van der Waals surface area contributed by atoms with E-state index in [-0.39, 0.29) is 104 Å². The van der Waals surface area contributed by atoms with Crippen LogP contribution in [0.4, 0.5) is 22.0 Å². The molecule has 5 aliphatic heterocycles. The van der Waals surface area contributed by atoms with Gasteiger partial charge in [0, 0.05) is 31.0 Å². The lowest BCUT2D eigenvalue weighted by Gasteiger charge is -2.46. The average molecular weight is 2050 g/mol. The van der Waals surface area contributed by atoms with Crippen molar-refractivity contribution in [3.63, 3.8) is 0 Å². The number of benzene rings is 5. The summed E-state index contributed by atoms with van der Waals surface area (Å²) in [5.41, 5.74) is 36.3. The van der Waals surface area contributed by atoms with Crippen LogP contribution in [0.15, 0.2) is 115 Å². The SMILES string of the molecule is CC1(C)Cc2ccccc2C1N1CCC(C(N)(CCCCB(O)O)C(=O)O)CC1.CC1Cc2ccccc2C1N1CCC(C(N)(CCCCB(O)O)C(=O)O)CC1.NC(CCCCB(O)O)(C(=O)O)C1CCCN(C2CCCc3ccc(F)cc32)CC1.NC(CCCCB(O)O)(C(=O)O)C1CCN(C2c3ccccc3CC2(F)F)CC1.NC(CCCCB(O)O)(C(=O)O)C1CCN(C2c3ccccc3CCC2(F)F)CC1. The van der Waals surface area contributed by atoms with Crippen molar-refractivity contribution in [3.05, 3.63) is 177 Å². The van der Waals surface area contributed by atoms with Crippen molar-refractivity contribution in [1.82, 2.24) is 24.5 Å². The van der Waals surface area contributed by atoms with E-state index >= 15 is 0 Å². The van der Waals surface area contributed by atoms with Gasteiger partial charge in [-0.15, -0.1) is 0 Å². The fraction of sp³-hybridized carbons (Fsp3) is 0.670. The van der Waals surface area contributed by atoms with E-state index in [9.17, 15) is 71.5 Å². The normalized spacial score (nSPS) is 24.4. The van der Waals surface area contributed by atoms with Gasteiger partial charge in [0.05, 0.1) is 12.1 Å². The van der Waals surface area contributed by atoms with Gasteiger partial charge in [-0.05, 0) is 347 Å². The van der Waals surface area contributed by atoms with Crippen LogP contribution in [-0.2, 0) is 56.1 Å². The molecule has 5 aromatic carbocycles. The number of hydrogen-bond acceptors (Lipinski definition) is 25. The number of nitrogens with two attached hydrogens (primary N) is 5. The molecule has 30 nitrogen and oxygen atoms in total. The van der Waals surface area contributed by atoms with E-state index in [0.717, 1.165) is 121 Å². The fourth-order valence-electron chi connectivity index (χ4n) is 26.1. The van der Waals surface area contributed by atoms with Crippen LogP contribution in [-0.4, -0.2) is 271 Å². The summed E-state index contributed by atoms with van der Waals surface area (Å²) >= 11 is 0. The van der Waals surface area contributed by atoms with Crippen LogP contribution < -0.4 is 28.7 Å². The van der Waals surface area contributed by atoms with Gasteiger partial charge in [-0.3, -0.25) is 48.5 Å². The molecule has 40 heteroatoms. The number of hydrogen-bond donors (Lipinski definition) is 20. The van der Waals surface area contributed by atoms with E-state index in [4.69, 9.17) is 78.9 Å². The Morgan fingerprint density at radius 3 is 1.03 bits per heavy atom. The Labute approximate surface area is 859 Å². The Morgan fingerprint density at radius 1 is 0.342 bits per heavy atom. The maximum absolute atomic E-state index is 14.9. The Balaban J connectivity index is 0.000000174. The van der Waals surface area contributed by atoms with Crippen LogP contribution in [0, 0.1) is 46.7 Å². The third kappa shape index (κ3) is 30.2. The number of rotatable bonds is 40. The number of piperidine rings is 4. The second-order valence-electron chi connectivity index (χ2n) is 44.5. The molecule has 5 heterocycles. The molecule has 146 heavy (non-hydrogen) atoms. The average Bonchev–Trinajstić information content (AvgIpc) is 1.66. The third-order valence-electron chi connectivity index (χ3n) is 34.2. The summed E-state index contributed by atoms with van der Waals surface area (Å²) in [6, 6.07) is 35.9. The van der Waals surface area contributed by atoms with Crippen molar-refractivity contribution in [2.45, 2.75) is 340 Å². The number of aryl methyl sites for hydroxylation is 2. The van der Waals surface area contributed by atoms with E-state index in [1.807, 2.05) is 18.2 Å². The Morgan fingerprint density at radius 2 is 0.651 bits per heavy atom. The number of aliphatic carboxylic acids is 5. The lowest BCUT2D eigenvalue weighted by atomic mass is 9.73. The Hall–Kier alpha value is -7.38. The monoisotopic (exact) mass is 2050 g/mol. The zero-order valence-electron chi connectivity index (χ0n) is 85.6. The summed E-state index contributed by atoms with van der Waals surface area (Å²) in [6.07, 6.45) is 20.3. The lowest BCUT2D eigenvalue weighted by Crippen LogP contribution is -2.58. The Kier molecular flexibility index (Phi) is 43.4. The highest BCUT2D eigenvalue weighted by Crippen LogP contribution is 2.54. The van der Waals surface area contributed by atoms with E-state index in [1.54, 1.807) is 52.3 Å². The standard InChI is InChI=1S/C22H34BFN2O4.C22H35BN2O4.C21H31BF2N2O4.C21H33BN2O4.C20H29BF2N2O4/c24-18-9-8-16-5-3-7-20(19(16)15-18)26-13-4-6-17(10-14-26)22(25,21(27)28)11-1-2-12-23(29)30;1-21(2)15-16-7-3-4-8-18(16)19(21)25-13-9-17(10-14-25)22(24,20(26)27)11-5-6-12-23(28)29;23-21(24)11-7-15-5-1-2-6-17(15)18(21)26-13-8-16(9-14-26)20(25,19(27)28)10-3-4-12-22(29)30;1-15-14-16-6-2-3-7-18(16)19(15)24-12-8-17(9-13-24)21(23,20(25)26)10-4-5-11-22(27)28;22-20(23)13-14-5-1-2-6-16(14)17(20)25-11-7-15(8-12-25)19(24,18(26)27)9-3-4-10-21(28)29/h8-9,15,17,20,29-30H,1-7,10-14,25H2,(H,27,28);3-4,7-8,17,19,28-29H,5-6,9-15,24H2,1-2H3,(H,26,27);1-2,5-6,16,18,29-30H,3-4,7-14,25H2,(H,27,28);2-3,6-7,15,17,19,27-28H,4-5,8-14,23H2,1H3,(H,25,26);1-2,5-6,15,17,28-29H,3-4,7-13,24H2,(H,26,27). The second kappa shape index (κ2) is 53.3. The van der Waals surface area contributed by atoms with Crippen LogP contribution in [0.5, 0.6) is 0 Å². The quantitative estimate of drug-likeness (QED) is 0.00984. The van der Waals surface area contributed by atoms with Gasteiger partial charge in [-0.1, -0.05) is 188 Å². The van der Waals surface area contributed by atoms with Gasteiger partial charge in [-0.2, -0.15) is 0 Å². The van der Waals surface area contributed by atoms with Crippen molar-refractivity contribution >= 4 is 65.4 Å². The Bertz CT molecular complexity index is 4890. The second-order valence-corrected chi connectivity index (χ2v) is 44.5. The van der Waals surface area contributed by atoms with Crippen LogP contribution in [0.25, 0.3) is 0 Å². The maximum atomic E-state index is 14.9. The van der Waals surface area contributed by atoms with Gasteiger partial charge < -0.3 is 104 Å². The predicted octanol–water partition coefficient (Wildman–Crippen LogP) is 11.7. The van der Waals surface area contributed by atoms with Gasteiger partial charge in [0.25, 0.3) is 11.8 Å². The van der Waals surface area contributed by atoms with E-state index in [0.29, 0.717) is 183 Å². The van der Waals surface area contributed by atoms with Crippen LogP contribution >= 0.6 is 0 Å². The van der Waals surface area contributed by atoms with Crippen molar-refractivity contribution in [2.24, 2.45) is 69.6 Å². The summed E-state index contributed by atoms with van der Waals surface area (Å²) < 4.78 is 73.0. The molecule has 10 aliphatic rings. The number of fused-ring (bicyclic) bond motifs is 5. The number of carboxylic acids is 5. The van der Waals surface area contributed by atoms with Gasteiger partial charge in [0.1, 0.15) is 33.5 Å². The highest BCUT2D eigenvalue weighted by atomic mass is 19.3. The molecule has 806 valence electrons. The first kappa shape index (κ1) is 119. The minimum Gasteiger partial charge on any atom is -0.480 e. The first-order valence-corrected chi connectivity index (χ1v) is 53.6. The first-order chi connectivity index (χ1) is 69.1. The zero-order valence-corrected chi connectivity index (χ0v) is 85.6. The predicted molar refractivity (Wildman–Crippen MR) is 554 cm³/mol. The first-order valence-electron chi connectivity index (χ1n) is 53.6. The number of carboxylic acid groups (broad SMARTS) is 5. The number of likely N-dealkylation sites (tertiary alicyclic amines) is 5. The minimum atomic E-state index is -2.84. The fourth-order valence-corrected chi connectivity index (χ4v) is 26.1. The summed E-state index contributed by atoms with van der Waals surface area (Å²) in [7, 11) is -6.86. The topological polar surface area (TPSA) is 535 Å². The highest BCUT2D eigenvalue weighted by Gasteiger charge is 2.56. The minimum absolute atomic E-state index is 0.0488. The highest BCUT2D eigenvalue weighted by molar-refractivity contribution is 6.42. The van der Waals surface area contributed by atoms with Gasteiger partial charge in [0.2, 0.25) is 0 Å². The summed E-state index contributed by atoms with van der Waals surface area (Å²) in [4.78, 5) is 70.9. The summed E-state index contributed by atoms with van der Waals surface area (Å²) in [6.45, 7) is 13.5. The van der Waals surface area contributed by atoms with Crippen molar-refractivity contribution < 1.29 is 122 Å². The number of halogens is 5. The lowest BCUT2D eigenvalue weighted by molar-refractivity contribution is -0.148. The molecule has 0 amide bonds. The molecule has 25 N–H and O–H groups in total. The van der Waals surface area contributed by atoms with Crippen molar-refractivity contribution in [3.8, 4) is 0 Å². The maximum Gasteiger partial charge on any atom is 0.451 e. The number of nitrogens with zero attached hydrogens (tertiary/aromatic N) is 5. The number of unbranched alkanes of at least 4 members (excludes halogenated alkanes) is 5. The van der Waals surface area contributed by atoms with Crippen LogP contribution in [0.1, 0.15) is 293 Å². The zero-order chi connectivity index (χ0) is 106. The number of alkyl halides is 4. The molecule has 12 atom stereocenters. The summed E-state index contributed by atoms with van der Waals surface area (Å²) in [5.74, 6) is -11.2. The molecule has 5 aromatic rings. The van der Waals surface area contributed by atoms with Gasteiger partial charge in [-0.25, -0.2) is 22.0 Å².